The summed E-state index contributed by atoms with van der Waals surface area (Å²) in [6.45, 7) is 1.96. The van der Waals surface area contributed by atoms with Crippen molar-refractivity contribution in [3.05, 3.63) is 28.5 Å². The Morgan fingerprint density at radius 1 is 1.36 bits per heavy atom. The van der Waals surface area contributed by atoms with Crippen LogP contribution in [0.15, 0.2) is 22.9 Å². The van der Waals surface area contributed by atoms with Gasteiger partial charge in [-0.05, 0) is 24.4 Å². The minimum Gasteiger partial charge on any atom is -0.480 e. The lowest BCUT2D eigenvalue weighted by atomic mass is 10.2. The second-order valence-corrected chi connectivity index (χ2v) is 3.71. The van der Waals surface area contributed by atoms with Gasteiger partial charge in [-0.2, -0.15) is 11.3 Å². The summed E-state index contributed by atoms with van der Waals surface area (Å²) in [6, 6.07) is 4.01. The SMILES string of the molecule is COc1nnc(-c2ccsc2)cc1C. The van der Waals surface area contributed by atoms with Crippen LogP contribution in [-0.2, 0) is 0 Å². The summed E-state index contributed by atoms with van der Waals surface area (Å²) in [5.41, 5.74) is 3.00. The Balaban J connectivity index is 2.43. The second kappa shape index (κ2) is 3.75. The van der Waals surface area contributed by atoms with Crippen LogP contribution >= 0.6 is 11.3 Å². The van der Waals surface area contributed by atoms with Crippen molar-refractivity contribution in [1.29, 1.82) is 0 Å². The highest BCUT2D eigenvalue weighted by Crippen LogP contribution is 2.22. The Kier molecular flexibility index (Phi) is 2.45. The molecule has 0 spiro atoms. The number of aryl methyl sites for hydroxylation is 1. The third kappa shape index (κ3) is 1.61. The molecular weight excluding hydrogens is 196 g/mol. The van der Waals surface area contributed by atoms with Crippen molar-refractivity contribution in [3.8, 4) is 17.1 Å². The average molecular weight is 206 g/mol. The maximum absolute atomic E-state index is 5.05. The van der Waals surface area contributed by atoms with Crippen LogP contribution in [0.2, 0.25) is 0 Å². The van der Waals surface area contributed by atoms with Crippen molar-refractivity contribution in [3.63, 3.8) is 0 Å². The normalized spacial score (nSPS) is 10.1. The molecule has 2 aromatic rings. The first-order valence-electron chi connectivity index (χ1n) is 4.22. The second-order valence-electron chi connectivity index (χ2n) is 2.93. The summed E-state index contributed by atoms with van der Waals surface area (Å²) in [4.78, 5) is 0. The van der Waals surface area contributed by atoms with Crippen molar-refractivity contribution in [1.82, 2.24) is 10.2 Å². The monoisotopic (exact) mass is 206 g/mol. The molecule has 0 saturated carbocycles. The van der Waals surface area contributed by atoms with Crippen LogP contribution in [0.4, 0.5) is 0 Å². The van der Waals surface area contributed by atoms with Crippen molar-refractivity contribution >= 4 is 11.3 Å². The first-order valence-corrected chi connectivity index (χ1v) is 5.16. The van der Waals surface area contributed by atoms with Gasteiger partial charge in [-0.1, -0.05) is 0 Å². The Labute approximate surface area is 86.4 Å². The molecule has 4 heteroatoms. The molecule has 72 valence electrons. The molecule has 0 aliphatic rings. The summed E-state index contributed by atoms with van der Waals surface area (Å²) >= 11 is 1.65. The minimum atomic E-state index is 0.587. The van der Waals surface area contributed by atoms with Crippen LogP contribution in [0.3, 0.4) is 0 Å². The van der Waals surface area contributed by atoms with Gasteiger partial charge < -0.3 is 4.74 Å². The number of nitrogens with zero attached hydrogens (tertiary/aromatic N) is 2. The highest BCUT2D eigenvalue weighted by Gasteiger charge is 2.05. The van der Waals surface area contributed by atoms with E-state index >= 15 is 0 Å². The van der Waals surface area contributed by atoms with E-state index in [1.165, 1.54) is 0 Å². The van der Waals surface area contributed by atoms with Crippen LogP contribution in [0.25, 0.3) is 11.3 Å². The maximum Gasteiger partial charge on any atom is 0.236 e. The summed E-state index contributed by atoms with van der Waals surface area (Å²) in [7, 11) is 1.60. The Bertz CT molecular complexity index is 426. The Morgan fingerprint density at radius 2 is 2.21 bits per heavy atom. The van der Waals surface area contributed by atoms with E-state index in [9.17, 15) is 0 Å². The smallest absolute Gasteiger partial charge is 0.236 e. The fourth-order valence-electron chi connectivity index (χ4n) is 1.23. The van der Waals surface area contributed by atoms with Gasteiger partial charge in [0.25, 0.3) is 0 Å². The first kappa shape index (κ1) is 9.15. The molecule has 14 heavy (non-hydrogen) atoms. The summed E-state index contributed by atoms with van der Waals surface area (Å²) < 4.78 is 5.05. The Hall–Kier alpha value is -1.42. The molecule has 2 rings (SSSR count). The van der Waals surface area contributed by atoms with Gasteiger partial charge in [0.2, 0.25) is 5.88 Å². The molecule has 0 amide bonds. The zero-order chi connectivity index (χ0) is 9.97. The highest BCUT2D eigenvalue weighted by molar-refractivity contribution is 7.08. The topological polar surface area (TPSA) is 35.0 Å². The summed E-state index contributed by atoms with van der Waals surface area (Å²) in [5, 5.41) is 12.1. The molecule has 3 nitrogen and oxygen atoms in total. The molecule has 2 aromatic heterocycles. The van der Waals surface area contributed by atoms with Crippen LogP contribution in [-0.4, -0.2) is 17.3 Å². The van der Waals surface area contributed by atoms with E-state index in [1.54, 1.807) is 18.4 Å². The Morgan fingerprint density at radius 3 is 2.79 bits per heavy atom. The number of aromatic nitrogens is 2. The van der Waals surface area contributed by atoms with E-state index in [1.807, 2.05) is 24.4 Å². The predicted octanol–water partition coefficient (Wildman–Crippen LogP) is 2.52. The van der Waals surface area contributed by atoms with Crippen molar-refractivity contribution in [2.24, 2.45) is 0 Å². The van der Waals surface area contributed by atoms with Gasteiger partial charge in [-0.3, -0.25) is 0 Å². The number of methoxy groups -OCH3 is 1. The maximum atomic E-state index is 5.05. The molecule has 0 aromatic carbocycles. The zero-order valence-electron chi connectivity index (χ0n) is 8.02. The zero-order valence-corrected chi connectivity index (χ0v) is 8.84. The molecule has 2 heterocycles. The number of ether oxygens (including phenoxy) is 1. The lowest BCUT2D eigenvalue weighted by molar-refractivity contribution is 0.389. The molecule has 0 unspecified atom stereocenters. The van der Waals surface area contributed by atoms with Crippen LogP contribution in [0.1, 0.15) is 5.56 Å². The van der Waals surface area contributed by atoms with Gasteiger partial charge >= 0.3 is 0 Å². The van der Waals surface area contributed by atoms with Gasteiger partial charge in [0, 0.05) is 16.5 Å². The van der Waals surface area contributed by atoms with Gasteiger partial charge in [0.15, 0.2) is 0 Å². The highest BCUT2D eigenvalue weighted by atomic mass is 32.1. The quantitative estimate of drug-likeness (QED) is 0.757. The summed E-state index contributed by atoms with van der Waals surface area (Å²) in [5.74, 6) is 0.587. The molecule has 0 N–H and O–H groups in total. The summed E-state index contributed by atoms with van der Waals surface area (Å²) in [6.07, 6.45) is 0. The van der Waals surface area contributed by atoms with E-state index < -0.39 is 0 Å². The number of rotatable bonds is 2. The molecule has 0 saturated heterocycles. The lowest BCUT2D eigenvalue weighted by Crippen LogP contribution is -1.95. The molecule has 0 bridgehead atoms. The van der Waals surface area contributed by atoms with Crippen LogP contribution in [0, 0.1) is 6.92 Å². The number of hydrogen-bond donors (Lipinski definition) is 0. The molecule has 0 atom stereocenters. The third-order valence-corrected chi connectivity index (χ3v) is 2.63. The molecular formula is C10H10N2OS. The fourth-order valence-corrected chi connectivity index (χ4v) is 1.88. The van der Waals surface area contributed by atoms with Gasteiger partial charge in [-0.15, -0.1) is 10.2 Å². The third-order valence-electron chi connectivity index (χ3n) is 1.95. The molecule has 0 fully saturated rings. The molecule has 0 aliphatic heterocycles. The fraction of sp³-hybridized carbons (Fsp3) is 0.200. The average Bonchev–Trinajstić information content (AvgIpc) is 2.70. The van der Waals surface area contributed by atoms with Crippen molar-refractivity contribution < 1.29 is 4.74 Å². The van der Waals surface area contributed by atoms with Crippen molar-refractivity contribution in [2.75, 3.05) is 7.11 Å². The number of hydrogen-bond acceptors (Lipinski definition) is 4. The van der Waals surface area contributed by atoms with E-state index in [0.717, 1.165) is 16.8 Å². The van der Waals surface area contributed by atoms with E-state index in [2.05, 4.69) is 15.6 Å². The van der Waals surface area contributed by atoms with Crippen LogP contribution < -0.4 is 4.74 Å². The van der Waals surface area contributed by atoms with E-state index in [4.69, 9.17) is 4.74 Å². The van der Waals surface area contributed by atoms with Crippen molar-refractivity contribution in [2.45, 2.75) is 6.92 Å². The molecule has 0 aliphatic carbocycles. The minimum absolute atomic E-state index is 0.587. The van der Waals surface area contributed by atoms with Gasteiger partial charge in [0.05, 0.1) is 12.8 Å². The lowest BCUT2D eigenvalue weighted by Gasteiger charge is -2.03. The van der Waals surface area contributed by atoms with E-state index in [0.29, 0.717) is 5.88 Å². The molecule has 0 radical (unpaired) electrons. The largest absolute Gasteiger partial charge is 0.480 e. The van der Waals surface area contributed by atoms with Gasteiger partial charge in [0.1, 0.15) is 0 Å². The van der Waals surface area contributed by atoms with E-state index in [-0.39, 0.29) is 0 Å². The standard InChI is InChI=1S/C10H10N2OS/c1-7-5-9(8-3-4-14-6-8)11-12-10(7)13-2/h3-6H,1-2H3. The first-order chi connectivity index (χ1) is 6.81. The number of thiophene rings is 1. The van der Waals surface area contributed by atoms with Gasteiger partial charge in [-0.25, -0.2) is 0 Å². The van der Waals surface area contributed by atoms with Crippen LogP contribution in [0.5, 0.6) is 5.88 Å². The predicted molar refractivity (Wildman–Crippen MR) is 56.6 cm³/mol.